The Morgan fingerprint density at radius 2 is 0.828 bits per heavy atom. The minimum absolute atomic E-state index is 0.542. The summed E-state index contributed by atoms with van der Waals surface area (Å²) in [5.74, 6) is 5.14. The van der Waals surface area contributed by atoms with Gasteiger partial charge in [-0.25, -0.2) is 3.63 Å². The van der Waals surface area contributed by atoms with Crippen LogP contribution in [-0.4, -0.2) is 42.7 Å². The maximum atomic E-state index is 5.70. The van der Waals surface area contributed by atoms with Crippen LogP contribution in [0.1, 0.15) is 11.1 Å². The quantitative estimate of drug-likeness (QED) is 0.342. The van der Waals surface area contributed by atoms with Crippen LogP contribution in [-0.2, 0) is 15.1 Å². The number of hydrogen-bond donors (Lipinski definition) is 0. The van der Waals surface area contributed by atoms with E-state index in [2.05, 4.69) is 0 Å². The molecule has 7 nitrogen and oxygen atoms in total. The van der Waals surface area contributed by atoms with Crippen molar-refractivity contribution in [1.29, 1.82) is 0 Å². The third kappa shape index (κ3) is 5.94. The molecule has 2 aromatic carbocycles. The molecule has 0 saturated carbocycles. The summed E-state index contributed by atoms with van der Waals surface area (Å²) in [6.07, 6.45) is 0. The van der Waals surface area contributed by atoms with Gasteiger partial charge >= 0.3 is 0 Å². The zero-order chi connectivity index (χ0) is 21.2. The first kappa shape index (κ1) is 23.2. The molecule has 0 unspecified atom stereocenters. The number of benzene rings is 2. The fraction of sp³-hybridized carbons (Fsp3) is 0.400. The Balaban J connectivity index is 2.00. The Labute approximate surface area is 180 Å². The molecule has 0 atom stereocenters. The van der Waals surface area contributed by atoms with E-state index in [0.29, 0.717) is 46.0 Å². The summed E-state index contributed by atoms with van der Waals surface area (Å²) in [4.78, 5) is 0. The van der Waals surface area contributed by atoms with Crippen LogP contribution in [0.2, 0.25) is 0 Å². The summed E-state index contributed by atoms with van der Waals surface area (Å²) in [6.45, 7) is 0. The Kier molecular flexibility index (Phi) is 9.43. The van der Waals surface area contributed by atoms with E-state index < -0.39 is 0 Å². The van der Waals surface area contributed by atoms with E-state index in [1.165, 1.54) is 24.1 Å². The van der Waals surface area contributed by atoms with Crippen molar-refractivity contribution in [3.05, 3.63) is 35.4 Å². The monoisotopic (exact) mass is 442 g/mol. The fourth-order valence-electron chi connectivity index (χ4n) is 2.64. The highest BCUT2D eigenvalue weighted by Crippen LogP contribution is 2.40. The van der Waals surface area contributed by atoms with Crippen LogP contribution in [0.5, 0.6) is 34.5 Å². The zero-order valence-corrected chi connectivity index (χ0v) is 19.0. The van der Waals surface area contributed by atoms with Gasteiger partial charge < -0.3 is 28.4 Å². The maximum absolute atomic E-state index is 5.70. The molecule has 160 valence electrons. The van der Waals surface area contributed by atoms with Gasteiger partial charge in [0.1, 0.15) is 34.5 Å². The van der Waals surface area contributed by atoms with Gasteiger partial charge in [0.25, 0.3) is 0 Å². The molecule has 0 aliphatic carbocycles. The first-order chi connectivity index (χ1) is 14.1. The van der Waals surface area contributed by atoms with Crippen molar-refractivity contribution in [2.45, 2.75) is 11.5 Å². The van der Waals surface area contributed by atoms with Crippen molar-refractivity contribution in [1.82, 2.24) is 0 Å². The molecule has 0 bridgehead atoms. The summed E-state index contributed by atoms with van der Waals surface area (Å²) >= 11 is 2.58. The lowest BCUT2D eigenvalue weighted by Gasteiger charge is -2.15. The number of methoxy groups -OCH3 is 6. The van der Waals surface area contributed by atoms with Crippen LogP contribution in [0.25, 0.3) is 0 Å². The summed E-state index contributed by atoms with van der Waals surface area (Å²) < 4.78 is 38.1. The highest BCUT2D eigenvalue weighted by atomic mass is 32.2. The molecule has 29 heavy (non-hydrogen) atoms. The molecule has 2 rings (SSSR count). The van der Waals surface area contributed by atoms with Crippen LogP contribution in [0.15, 0.2) is 24.3 Å². The third-order valence-corrected chi connectivity index (χ3v) is 5.72. The average molecular weight is 443 g/mol. The van der Waals surface area contributed by atoms with Gasteiger partial charge in [0.15, 0.2) is 0 Å². The molecule has 0 N–H and O–H groups in total. The molecule has 0 fully saturated rings. The fourth-order valence-corrected chi connectivity index (χ4v) is 4.10. The van der Waals surface area contributed by atoms with Gasteiger partial charge in [-0.1, -0.05) is 0 Å². The Morgan fingerprint density at radius 1 is 0.517 bits per heavy atom. The number of ether oxygens (including phenoxy) is 6. The molecule has 0 aromatic heterocycles. The summed E-state index contributed by atoms with van der Waals surface area (Å²) in [7, 11) is 9.65. The SMILES string of the molecule is COc1cc(OC)c(CSOSCc2c(OC)cc(OC)cc2OC)c(OC)c1. The van der Waals surface area contributed by atoms with Crippen LogP contribution >= 0.6 is 24.1 Å². The normalized spacial score (nSPS) is 10.4. The highest BCUT2D eigenvalue weighted by Gasteiger charge is 2.16. The van der Waals surface area contributed by atoms with Gasteiger partial charge in [-0.2, -0.15) is 0 Å². The molecule has 0 radical (unpaired) electrons. The molecular weight excluding hydrogens is 416 g/mol. The van der Waals surface area contributed by atoms with E-state index in [1.54, 1.807) is 42.7 Å². The first-order valence-corrected chi connectivity index (χ1v) is 10.4. The predicted molar refractivity (Wildman–Crippen MR) is 116 cm³/mol. The summed E-state index contributed by atoms with van der Waals surface area (Å²) in [5, 5.41) is 0. The van der Waals surface area contributed by atoms with Crippen molar-refractivity contribution in [3.63, 3.8) is 0 Å². The Morgan fingerprint density at radius 3 is 1.07 bits per heavy atom. The minimum Gasteiger partial charge on any atom is -0.496 e. The van der Waals surface area contributed by atoms with E-state index in [1.807, 2.05) is 24.3 Å². The third-order valence-electron chi connectivity index (χ3n) is 4.14. The van der Waals surface area contributed by atoms with Gasteiger partial charge in [-0.15, -0.1) is 0 Å². The van der Waals surface area contributed by atoms with Crippen molar-refractivity contribution in [2.24, 2.45) is 0 Å². The molecule has 0 saturated heterocycles. The van der Waals surface area contributed by atoms with E-state index in [4.69, 9.17) is 32.1 Å². The van der Waals surface area contributed by atoms with Crippen LogP contribution < -0.4 is 28.4 Å². The van der Waals surface area contributed by atoms with Gasteiger partial charge in [0.05, 0.1) is 54.2 Å². The number of rotatable bonds is 12. The second-order valence-electron chi connectivity index (χ2n) is 5.61. The number of hydrogen-bond acceptors (Lipinski definition) is 9. The lowest BCUT2D eigenvalue weighted by atomic mass is 10.2. The van der Waals surface area contributed by atoms with E-state index in [-0.39, 0.29) is 0 Å². The predicted octanol–water partition coefficient (Wildman–Crippen LogP) is 4.75. The average Bonchev–Trinajstić information content (AvgIpc) is 2.77. The van der Waals surface area contributed by atoms with Crippen molar-refractivity contribution in [3.8, 4) is 34.5 Å². The lowest BCUT2D eigenvalue weighted by Crippen LogP contribution is -1.98. The molecule has 9 heteroatoms. The summed E-state index contributed by atoms with van der Waals surface area (Å²) in [5.41, 5.74) is 1.78. The zero-order valence-electron chi connectivity index (χ0n) is 17.4. The van der Waals surface area contributed by atoms with Gasteiger partial charge in [0, 0.05) is 59.5 Å². The molecule has 2 aromatic rings. The van der Waals surface area contributed by atoms with E-state index >= 15 is 0 Å². The Hall–Kier alpha value is -2.10. The van der Waals surface area contributed by atoms with Crippen LogP contribution in [0.4, 0.5) is 0 Å². The largest absolute Gasteiger partial charge is 0.496 e. The summed E-state index contributed by atoms with van der Waals surface area (Å²) in [6, 6.07) is 7.27. The van der Waals surface area contributed by atoms with Crippen molar-refractivity contribution >= 4 is 24.1 Å². The lowest BCUT2D eigenvalue weighted by molar-refractivity contribution is 0.370. The molecule has 0 spiro atoms. The highest BCUT2D eigenvalue weighted by molar-refractivity contribution is 8.07. The van der Waals surface area contributed by atoms with Gasteiger partial charge in [0.2, 0.25) is 0 Å². The van der Waals surface area contributed by atoms with Gasteiger partial charge in [-0.05, 0) is 0 Å². The van der Waals surface area contributed by atoms with Crippen molar-refractivity contribution < 1.29 is 32.1 Å². The van der Waals surface area contributed by atoms with Crippen molar-refractivity contribution in [2.75, 3.05) is 42.7 Å². The topological polar surface area (TPSA) is 64.6 Å². The Bertz CT molecular complexity index is 683. The molecule has 0 heterocycles. The molecule has 0 amide bonds. The van der Waals surface area contributed by atoms with Crippen LogP contribution in [0.3, 0.4) is 0 Å². The molecule has 0 aliphatic heterocycles. The van der Waals surface area contributed by atoms with E-state index in [0.717, 1.165) is 11.1 Å². The molecular formula is C20H26O7S2. The van der Waals surface area contributed by atoms with Crippen LogP contribution in [0, 0.1) is 0 Å². The second-order valence-corrected chi connectivity index (χ2v) is 7.21. The standard InChI is InChI=1S/C20H26O7S2/c1-21-13-7-17(23-3)15(18(8-13)24-4)11-28-27-29-12-16-19(25-5)9-14(22-2)10-20(16)26-6/h7-10H,11-12H2,1-6H3. The molecule has 0 aliphatic rings. The second kappa shape index (κ2) is 11.8. The maximum Gasteiger partial charge on any atom is 0.130 e. The smallest absolute Gasteiger partial charge is 0.130 e. The van der Waals surface area contributed by atoms with E-state index in [9.17, 15) is 0 Å². The first-order valence-electron chi connectivity index (χ1n) is 8.60. The minimum atomic E-state index is 0.542. The van der Waals surface area contributed by atoms with Gasteiger partial charge in [-0.3, -0.25) is 0 Å².